The number of carbonyl (C=O) groups is 3. The maximum absolute atomic E-state index is 14.8. The lowest BCUT2D eigenvalue weighted by molar-refractivity contribution is -0.167. The largest absolute Gasteiger partial charge is 0.471 e. The molecule has 0 unspecified atom stereocenters. The van der Waals surface area contributed by atoms with Crippen molar-refractivity contribution in [3.8, 4) is 0 Å². The molecule has 0 aliphatic carbocycles. The molecule has 0 saturated heterocycles. The fourth-order valence-corrected chi connectivity index (χ4v) is 4.46. The van der Waals surface area contributed by atoms with E-state index in [9.17, 15) is 36.3 Å². The van der Waals surface area contributed by atoms with Crippen molar-refractivity contribution in [1.82, 2.24) is 0 Å². The van der Waals surface area contributed by atoms with Crippen molar-refractivity contribution in [2.75, 3.05) is 16.0 Å². The van der Waals surface area contributed by atoms with E-state index in [2.05, 4.69) is 5.32 Å². The number of hydrogen-bond donors (Lipinski definition) is 3. The zero-order valence-corrected chi connectivity index (χ0v) is 24.0. The van der Waals surface area contributed by atoms with Gasteiger partial charge < -0.3 is 16.0 Å². The Morgan fingerprint density at radius 2 is 1.44 bits per heavy atom. The van der Waals surface area contributed by atoms with Crippen LogP contribution in [0.3, 0.4) is 0 Å². The summed E-state index contributed by atoms with van der Waals surface area (Å²) in [7, 11) is 0. The molecule has 0 heterocycles. The third-order valence-electron chi connectivity index (χ3n) is 5.36. The van der Waals surface area contributed by atoms with Gasteiger partial charge in [0.15, 0.2) is 5.82 Å². The SMILES string of the molecule is CC(Cl)(Cl)[C@H](C(=O)Nc1ccc(Cl)c(C(=O)Nc2ccc(F)c(NC(=O)C(F)(F)F)c2F)c1)c1ccc(Cl)c(Cl)c1. The van der Waals surface area contributed by atoms with Crippen LogP contribution in [0.2, 0.25) is 15.1 Å². The second kappa shape index (κ2) is 12.6. The van der Waals surface area contributed by atoms with Gasteiger partial charge in [-0.1, -0.05) is 40.9 Å². The molecule has 0 aliphatic rings. The van der Waals surface area contributed by atoms with Crippen LogP contribution in [0.5, 0.6) is 0 Å². The molecule has 0 aliphatic heterocycles. The monoisotopic (exact) mass is 675 g/mol. The number of hydrogen-bond acceptors (Lipinski definition) is 3. The van der Waals surface area contributed by atoms with Crippen LogP contribution < -0.4 is 16.0 Å². The maximum atomic E-state index is 14.8. The molecular weight excluding hydrogens is 663 g/mol. The zero-order valence-electron chi connectivity index (χ0n) is 20.2. The number of rotatable bonds is 7. The normalized spacial score (nSPS) is 12.5. The minimum Gasteiger partial charge on any atom is -0.325 e. The van der Waals surface area contributed by atoms with Crippen LogP contribution in [0.25, 0.3) is 0 Å². The van der Waals surface area contributed by atoms with Gasteiger partial charge in [-0.05, 0) is 55.0 Å². The Morgan fingerprint density at radius 3 is 2.02 bits per heavy atom. The van der Waals surface area contributed by atoms with Gasteiger partial charge in [0.1, 0.15) is 15.8 Å². The van der Waals surface area contributed by atoms with Gasteiger partial charge in [0.25, 0.3) is 5.91 Å². The third kappa shape index (κ3) is 7.92. The van der Waals surface area contributed by atoms with Gasteiger partial charge >= 0.3 is 12.1 Å². The number of carbonyl (C=O) groups excluding carboxylic acids is 3. The van der Waals surface area contributed by atoms with E-state index in [1.165, 1.54) is 37.3 Å². The van der Waals surface area contributed by atoms with E-state index in [1.807, 2.05) is 5.32 Å². The summed E-state index contributed by atoms with van der Waals surface area (Å²) in [4.78, 5) is 37.2. The Hall–Kier alpha value is -2.83. The first-order valence-corrected chi connectivity index (χ1v) is 12.9. The van der Waals surface area contributed by atoms with Crippen molar-refractivity contribution in [2.45, 2.75) is 23.4 Å². The van der Waals surface area contributed by atoms with Gasteiger partial charge in [0.05, 0.1) is 32.2 Å². The molecule has 0 saturated carbocycles. The summed E-state index contributed by atoms with van der Waals surface area (Å²) < 4.78 is 64.7. The van der Waals surface area contributed by atoms with Crippen molar-refractivity contribution >= 4 is 92.8 Å². The summed E-state index contributed by atoms with van der Waals surface area (Å²) >= 11 is 30.6. The second-order valence-corrected chi connectivity index (χ2v) is 11.4. The number of nitrogens with one attached hydrogen (secondary N) is 3. The summed E-state index contributed by atoms with van der Waals surface area (Å²) in [5.74, 6) is -8.85. The average Bonchev–Trinajstić information content (AvgIpc) is 2.85. The highest BCUT2D eigenvalue weighted by Crippen LogP contribution is 2.40. The summed E-state index contributed by atoms with van der Waals surface area (Å²) in [5, 5.41) is 5.83. The lowest BCUT2D eigenvalue weighted by Crippen LogP contribution is -2.32. The van der Waals surface area contributed by atoms with Crippen molar-refractivity contribution in [1.29, 1.82) is 0 Å². The average molecular weight is 678 g/mol. The van der Waals surface area contributed by atoms with Crippen LogP contribution in [0, 0.1) is 11.6 Å². The predicted octanol–water partition coefficient (Wildman–Crippen LogP) is 8.59. The molecule has 0 aromatic heterocycles. The van der Waals surface area contributed by atoms with E-state index in [0.29, 0.717) is 11.6 Å². The summed E-state index contributed by atoms with van der Waals surface area (Å²) in [6.45, 7) is 1.37. The maximum Gasteiger partial charge on any atom is 0.471 e. The standard InChI is InChI=1S/C25H15Cl5F5N3O3/c1-24(29,30)18(10-2-4-14(27)15(28)8-10)22(40)36-11-3-5-13(26)12(9-11)21(39)37-17-7-6-16(31)20(19(17)32)38-23(41)25(33,34)35/h2-9,18H,1H3,(H,36,40)(H,37,39)(H,38,41)/t18-/m0/s1. The number of alkyl halides is 5. The highest BCUT2D eigenvalue weighted by molar-refractivity contribution is 6.50. The molecule has 0 fully saturated rings. The van der Waals surface area contributed by atoms with Gasteiger partial charge in [-0.15, -0.1) is 23.2 Å². The summed E-state index contributed by atoms with van der Waals surface area (Å²) in [6.07, 6.45) is -5.43. The van der Waals surface area contributed by atoms with Crippen LogP contribution in [-0.4, -0.2) is 28.2 Å². The Labute approximate surface area is 254 Å². The Balaban J connectivity index is 1.88. The molecule has 3 N–H and O–H groups in total. The van der Waals surface area contributed by atoms with E-state index < -0.39 is 57.2 Å². The van der Waals surface area contributed by atoms with Crippen LogP contribution >= 0.6 is 58.0 Å². The summed E-state index contributed by atoms with van der Waals surface area (Å²) in [6, 6.07) is 9.23. The molecule has 0 bridgehead atoms. The van der Waals surface area contributed by atoms with Crippen LogP contribution in [0.15, 0.2) is 48.5 Å². The molecule has 41 heavy (non-hydrogen) atoms. The third-order valence-corrected chi connectivity index (χ3v) is 6.86. The molecule has 218 valence electrons. The molecule has 3 amide bonds. The van der Waals surface area contributed by atoms with Gasteiger partial charge in [-0.25, -0.2) is 8.78 Å². The topological polar surface area (TPSA) is 87.3 Å². The Kier molecular flexibility index (Phi) is 10.0. The minimum atomic E-state index is -5.43. The van der Waals surface area contributed by atoms with Gasteiger partial charge in [-0.3, -0.25) is 14.4 Å². The van der Waals surface area contributed by atoms with Crippen molar-refractivity contribution in [2.24, 2.45) is 0 Å². The van der Waals surface area contributed by atoms with E-state index in [-0.39, 0.29) is 26.3 Å². The number of anilines is 3. The summed E-state index contributed by atoms with van der Waals surface area (Å²) in [5.41, 5.74) is -2.20. The highest BCUT2D eigenvalue weighted by atomic mass is 35.5. The van der Waals surface area contributed by atoms with E-state index >= 15 is 0 Å². The molecule has 0 radical (unpaired) electrons. The Bertz CT molecular complexity index is 1530. The zero-order chi connectivity index (χ0) is 30.9. The lowest BCUT2D eigenvalue weighted by Gasteiger charge is -2.26. The van der Waals surface area contributed by atoms with E-state index in [0.717, 1.165) is 17.4 Å². The number of benzene rings is 3. The van der Waals surface area contributed by atoms with Gasteiger partial charge in [0, 0.05) is 5.69 Å². The highest BCUT2D eigenvalue weighted by Gasteiger charge is 2.40. The second-order valence-electron chi connectivity index (χ2n) is 8.44. The van der Waals surface area contributed by atoms with Crippen molar-refractivity contribution < 1.29 is 36.3 Å². The molecule has 6 nitrogen and oxygen atoms in total. The predicted molar refractivity (Wildman–Crippen MR) is 148 cm³/mol. The lowest BCUT2D eigenvalue weighted by atomic mass is 9.94. The molecule has 3 aromatic carbocycles. The number of amides is 3. The molecule has 1 atom stereocenters. The van der Waals surface area contributed by atoms with Crippen LogP contribution in [0.1, 0.15) is 28.8 Å². The molecule has 16 heteroatoms. The molecule has 3 rings (SSSR count). The Morgan fingerprint density at radius 1 is 0.805 bits per heavy atom. The number of halogens is 10. The fourth-order valence-electron chi connectivity index (χ4n) is 3.50. The van der Waals surface area contributed by atoms with Crippen LogP contribution in [0.4, 0.5) is 39.0 Å². The molecular formula is C25H15Cl5F5N3O3. The fraction of sp³-hybridized carbons (Fsp3) is 0.160. The molecule has 3 aromatic rings. The minimum absolute atomic E-state index is 0.0184. The van der Waals surface area contributed by atoms with Crippen molar-refractivity contribution in [3.63, 3.8) is 0 Å². The van der Waals surface area contributed by atoms with E-state index in [1.54, 1.807) is 0 Å². The first-order chi connectivity index (χ1) is 18.9. The van der Waals surface area contributed by atoms with Gasteiger partial charge in [0.2, 0.25) is 5.91 Å². The quantitative estimate of drug-likeness (QED) is 0.173. The smallest absolute Gasteiger partial charge is 0.325 e. The van der Waals surface area contributed by atoms with Crippen LogP contribution in [-0.2, 0) is 9.59 Å². The first-order valence-electron chi connectivity index (χ1n) is 11.0. The van der Waals surface area contributed by atoms with E-state index in [4.69, 9.17) is 58.0 Å². The van der Waals surface area contributed by atoms with Crippen molar-refractivity contribution in [3.05, 3.63) is 86.4 Å². The van der Waals surface area contributed by atoms with Gasteiger partial charge in [-0.2, -0.15) is 13.2 Å². The first kappa shape index (κ1) is 32.7. The molecule has 0 spiro atoms.